The number of hydrogen-bond donors (Lipinski definition) is 0. The minimum atomic E-state index is -0.985. The van der Waals surface area contributed by atoms with Gasteiger partial charge in [-0.1, -0.05) is 35.9 Å². The van der Waals surface area contributed by atoms with Crippen LogP contribution in [0.15, 0.2) is 66.8 Å². The van der Waals surface area contributed by atoms with Gasteiger partial charge in [0.1, 0.15) is 24.7 Å². The fourth-order valence-corrected chi connectivity index (χ4v) is 6.37. The second-order valence-corrected chi connectivity index (χ2v) is 11.5. The molecule has 1 aliphatic heterocycles. The minimum Gasteiger partial charge on any atom is -0.493 e. The van der Waals surface area contributed by atoms with Gasteiger partial charge in [-0.15, -0.1) is 0 Å². The van der Waals surface area contributed by atoms with Crippen molar-refractivity contribution in [2.24, 2.45) is 5.92 Å². The van der Waals surface area contributed by atoms with Crippen molar-refractivity contribution in [3.8, 4) is 28.7 Å². The molecule has 2 aromatic heterocycles. The largest absolute Gasteiger partial charge is 0.493 e. The maximum absolute atomic E-state index is 14.0. The Morgan fingerprint density at radius 2 is 1.67 bits per heavy atom. The number of halogens is 1. The highest BCUT2D eigenvalue weighted by molar-refractivity contribution is 6.33. The number of fused-ring (bicyclic) bond motifs is 3. The van der Waals surface area contributed by atoms with Gasteiger partial charge in [-0.05, 0) is 58.2 Å². The molecule has 0 spiro atoms. The predicted octanol–water partition coefficient (Wildman–Crippen LogP) is 5.37. The molecule has 0 saturated carbocycles. The number of carbonyl (C=O) groups is 2. The average molecular weight is 669 g/mol. The molecule has 0 saturated heterocycles. The van der Waals surface area contributed by atoms with Crippen LogP contribution in [0, 0.1) is 5.92 Å². The summed E-state index contributed by atoms with van der Waals surface area (Å²) in [4.78, 5) is 39.2. The molecular weight excluding hydrogens is 640 g/mol. The quantitative estimate of drug-likeness (QED) is 0.108. The molecule has 48 heavy (non-hydrogen) atoms. The van der Waals surface area contributed by atoms with Crippen molar-refractivity contribution in [1.29, 1.82) is 0 Å². The van der Waals surface area contributed by atoms with Crippen LogP contribution in [0.3, 0.4) is 0 Å². The highest BCUT2D eigenvalue weighted by Gasteiger charge is 2.41. The summed E-state index contributed by atoms with van der Waals surface area (Å²) >= 11 is 6.14. The summed E-state index contributed by atoms with van der Waals surface area (Å²) < 4.78 is 35.9. The van der Waals surface area contributed by atoms with Crippen LogP contribution in [-0.2, 0) is 27.5 Å². The van der Waals surface area contributed by atoms with E-state index in [0.717, 1.165) is 22.3 Å². The zero-order valence-corrected chi connectivity index (χ0v) is 26.9. The Balaban J connectivity index is 1.18. The van der Waals surface area contributed by atoms with Crippen molar-refractivity contribution in [1.82, 2.24) is 19.5 Å². The molecule has 7 rings (SSSR count). The van der Waals surface area contributed by atoms with Crippen LogP contribution in [0.4, 0.5) is 0 Å². The van der Waals surface area contributed by atoms with Crippen LogP contribution < -0.4 is 23.7 Å². The van der Waals surface area contributed by atoms with Crippen LogP contribution in [0.5, 0.6) is 28.7 Å². The number of aldehydes is 1. The molecular formula is C35H29ClN4O8. The van der Waals surface area contributed by atoms with Gasteiger partial charge in [0.2, 0.25) is 12.5 Å². The molecule has 3 aromatic carbocycles. The van der Waals surface area contributed by atoms with Gasteiger partial charge in [0.25, 0.3) is 0 Å². The lowest BCUT2D eigenvalue weighted by molar-refractivity contribution is -0.149. The molecule has 0 fully saturated rings. The third kappa shape index (κ3) is 5.53. The van der Waals surface area contributed by atoms with Gasteiger partial charge in [0, 0.05) is 11.5 Å². The van der Waals surface area contributed by atoms with Gasteiger partial charge < -0.3 is 33.0 Å². The molecule has 2 aliphatic rings. The topological polar surface area (TPSA) is 133 Å². The number of esters is 1. The molecule has 0 unspecified atom stereocenters. The van der Waals surface area contributed by atoms with Crippen molar-refractivity contribution in [2.75, 3.05) is 28.1 Å². The van der Waals surface area contributed by atoms with E-state index in [1.807, 2.05) is 41.0 Å². The van der Waals surface area contributed by atoms with E-state index in [9.17, 15) is 9.59 Å². The fourth-order valence-electron chi connectivity index (χ4n) is 6.19. The normalized spacial score (nSPS) is 16.2. The summed E-state index contributed by atoms with van der Waals surface area (Å²) in [6.07, 6.45) is 5.45. The Hall–Kier alpha value is -5.62. The summed E-state index contributed by atoms with van der Waals surface area (Å²) in [5.41, 5.74) is 5.31. The third-order valence-electron chi connectivity index (χ3n) is 8.48. The molecule has 1 aliphatic carbocycles. The van der Waals surface area contributed by atoms with Gasteiger partial charge in [-0.3, -0.25) is 9.59 Å². The SMILES string of the molecule is COc1cc([C@@H]2c3cc4c(cc3C=C(C=O)[C@H]2C(=O)OCc2ccc(Cn3cnc5c(Cl)ncnc53)cc2)OCO4)cc(OC)c1OC. The smallest absolute Gasteiger partial charge is 0.314 e. The van der Waals surface area contributed by atoms with Crippen molar-refractivity contribution in [2.45, 2.75) is 19.1 Å². The van der Waals surface area contributed by atoms with Crippen molar-refractivity contribution < 1.29 is 38.0 Å². The first-order valence-corrected chi connectivity index (χ1v) is 15.3. The number of benzene rings is 3. The lowest BCUT2D eigenvalue weighted by atomic mass is 9.71. The van der Waals surface area contributed by atoms with Crippen LogP contribution >= 0.6 is 11.6 Å². The first-order valence-electron chi connectivity index (χ1n) is 14.9. The number of imidazole rings is 1. The molecule has 5 aromatic rings. The highest BCUT2D eigenvalue weighted by atomic mass is 35.5. The summed E-state index contributed by atoms with van der Waals surface area (Å²) in [7, 11) is 4.55. The van der Waals surface area contributed by atoms with Gasteiger partial charge in [0.05, 0.1) is 40.1 Å². The first kappa shape index (κ1) is 31.0. The Bertz CT molecular complexity index is 2050. The summed E-state index contributed by atoms with van der Waals surface area (Å²) in [6.45, 7) is 0.575. The monoisotopic (exact) mass is 668 g/mol. The molecule has 244 valence electrons. The molecule has 0 radical (unpaired) electrons. The molecule has 13 heteroatoms. The zero-order chi connectivity index (χ0) is 33.4. The predicted molar refractivity (Wildman–Crippen MR) is 174 cm³/mol. The van der Waals surface area contributed by atoms with Gasteiger partial charge >= 0.3 is 5.97 Å². The van der Waals surface area contributed by atoms with Gasteiger partial charge in [-0.2, -0.15) is 0 Å². The molecule has 0 amide bonds. The Labute approximate surface area is 279 Å². The number of methoxy groups -OCH3 is 3. The van der Waals surface area contributed by atoms with Crippen molar-refractivity contribution >= 4 is 41.1 Å². The standard InChI is InChI=1S/C35H29ClN4O8/c1-43-27-10-22(11-28(44-2)32(27)45-3)29-24-12-26-25(47-18-48-26)9-21(24)8-23(14-41)30(29)35(42)46-15-20-6-4-19(5-7-20)13-40-17-39-31-33(36)37-16-38-34(31)40/h4-12,14,16-17,29-30H,13,15,18H2,1-3H3/t29-,30-/m1/s1. The fraction of sp³-hybridized carbons (Fsp3) is 0.229. The van der Waals surface area contributed by atoms with Crippen LogP contribution in [0.1, 0.15) is 33.7 Å². The molecule has 0 bridgehead atoms. The third-order valence-corrected chi connectivity index (χ3v) is 8.75. The highest BCUT2D eigenvalue weighted by Crippen LogP contribution is 2.50. The van der Waals surface area contributed by atoms with E-state index in [-0.39, 0.29) is 19.0 Å². The van der Waals surface area contributed by atoms with E-state index in [2.05, 4.69) is 15.0 Å². The number of carbonyl (C=O) groups excluding carboxylic acids is 2. The molecule has 0 N–H and O–H groups in total. The van der Waals surface area contributed by atoms with Crippen molar-refractivity contribution in [3.63, 3.8) is 0 Å². The molecule has 12 nitrogen and oxygen atoms in total. The lowest BCUT2D eigenvalue weighted by Gasteiger charge is -2.32. The lowest BCUT2D eigenvalue weighted by Crippen LogP contribution is -2.30. The number of rotatable bonds is 10. The van der Waals surface area contributed by atoms with E-state index in [0.29, 0.717) is 63.5 Å². The minimum absolute atomic E-state index is 0.00540. The first-order chi connectivity index (χ1) is 23.4. The Morgan fingerprint density at radius 1 is 0.958 bits per heavy atom. The summed E-state index contributed by atoms with van der Waals surface area (Å²) in [6, 6.07) is 14.8. The van der Waals surface area contributed by atoms with E-state index in [4.69, 9.17) is 40.0 Å². The molecule has 3 heterocycles. The Kier molecular flexibility index (Phi) is 8.32. The number of aromatic nitrogens is 4. The van der Waals surface area contributed by atoms with E-state index < -0.39 is 17.8 Å². The van der Waals surface area contributed by atoms with E-state index in [1.54, 1.807) is 24.5 Å². The maximum atomic E-state index is 14.0. The maximum Gasteiger partial charge on any atom is 0.314 e. The zero-order valence-electron chi connectivity index (χ0n) is 26.1. The number of hydrogen-bond acceptors (Lipinski definition) is 11. The summed E-state index contributed by atoms with van der Waals surface area (Å²) in [5, 5.41) is 0.295. The van der Waals surface area contributed by atoms with Crippen LogP contribution in [0.2, 0.25) is 5.15 Å². The number of ether oxygens (including phenoxy) is 6. The van der Waals surface area contributed by atoms with Gasteiger partial charge in [0.15, 0.2) is 33.8 Å². The molecule has 2 atom stereocenters. The second kappa shape index (κ2) is 12.9. The number of nitrogens with zero attached hydrogens (tertiary/aromatic N) is 4. The Morgan fingerprint density at radius 3 is 2.35 bits per heavy atom. The van der Waals surface area contributed by atoms with E-state index in [1.165, 1.54) is 27.7 Å². The van der Waals surface area contributed by atoms with E-state index >= 15 is 0 Å². The van der Waals surface area contributed by atoms with Crippen LogP contribution in [-0.4, -0.2) is 59.9 Å². The second-order valence-electron chi connectivity index (χ2n) is 11.1. The summed E-state index contributed by atoms with van der Waals surface area (Å²) in [5.74, 6) is 0.0950. The van der Waals surface area contributed by atoms with Gasteiger partial charge in [-0.25, -0.2) is 15.0 Å². The average Bonchev–Trinajstić information content (AvgIpc) is 3.75. The van der Waals surface area contributed by atoms with Crippen LogP contribution in [0.25, 0.3) is 17.2 Å². The van der Waals surface area contributed by atoms with Crippen molar-refractivity contribution in [3.05, 3.63) is 99.7 Å².